The lowest BCUT2D eigenvalue weighted by Gasteiger charge is -2.31. The van der Waals surface area contributed by atoms with E-state index in [9.17, 15) is 0 Å². The Morgan fingerprint density at radius 1 is 0.970 bits per heavy atom. The number of likely N-dealkylation sites (N-methyl/N-ethyl adjacent to an activating group) is 2. The number of aryl methyl sites for hydroxylation is 3. The van der Waals surface area contributed by atoms with Crippen LogP contribution in [0, 0.1) is 6.92 Å². The van der Waals surface area contributed by atoms with E-state index in [1.807, 2.05) is 13.2 Å². The molecule has 5 heteroatoms. The van der Waals surface area contributed by atoms with Crippen molar-refractivity contribution in [1.82, 2.24) is 20.2 Å². The van der Waals surface area contributed by atoms with Gasteiger partial charge in [-0.05, 0) is 82.1 Å². The number of nitrogens with two attached hydrogens (primary N) is 1. The molecule has 0 aliphatic rings. The summed E-state index contributed by atoms with van der Waals surface area (Å²) in [5.74, 6) is 0.494. The lowest BCUT2D eigenvalue weighted by Crippen LogP contribution is -2.38. The molecular weight excluding hydrogens is 406 g/mol. The van der Waals surface area contributed by atoms with Gasteiger partial charge in [-0.3, -0.25) is 9.88 Å². The zero-order valence-corrected chi connectivity index (χ0v) is 20.4. The van der Waals surface area contributed by atoms with E-state index >= 15 is 0 Å². The highest BCUT2D eigenvalue weighted by Crippen LogP contribution is 2.28. The minimum Gasteiger partial charge on any atom is -0.382 e. The van der Waals surface area contributed by atoms with Gasteiger partial charge < -0.3 is 11.1 Å². The normalized spacial score (nSPS) is 13.6. The highest BCUT2D eigenvalue weighted by atomic mass is 15.2. The molecule has 2 unspecified atom stereocenters. The predicted molar refractivity (Wildman–Crippen MR) is 140 cm³/mol. The number of hydrogen-bond donors (Lipinski definition) is 2. The van der Waals surface area contributed by atoms with Crippen molar-refractivity contribution in [2.24, 2.45) is 0 Å². The van der Waals surface area contributed by atoms with Crippen LogP contribution in [0.4, 0.5) is 5.82 Å². The largest absolute Gasteiger partial charge is 0.382 e. The number of benzene rings is 2. The van der Waals surface area contributed by atoms with Crippen LogP contribution < -0.4 is 11.1 Å². The Morgan fingerprint density at radius 3 is 2.42 bits per heavy atom. The lowest BCUT2D eigenvalue weighted by atomic mass is 9.99. The summed E-state index contributed by atoms with van der Waals surface area (Å²) in [6.07, 6.45) is 3.85. The van der Waals surface area contributed by atoms with E-state index in [0.29, 0.717) is 17.9 Å². The average Bonchev–Trinajstić information content (AvgIpc) is 2.82. The zero-order chi connectivity index (χ0) is 23.5. The van der Waals surface area contributed by atoms with Gasteiger partial charge in [0.2, 0.25) is 0 Å². The molecule has 2 atom stereocenters. The summed E-state index contributed by atoms with van der Waals surface area (Å²) in [5.41, 5.74) is 13.0. The maximum absolute atomic E-state index is 6.20. The molecule has 0 amide bonds. The Hall–Kier alpha value is -3.02. The maximum Gasteiger partial charge on any atom is 0.150 e. The Bertz CT molecular complexity index is 1250. The quantitative estimate of drug-likeness (QED) is 0.374. The molecule has 0 saturated carbocycles. The third kappa shape index (κ3) is 5.00. The molecular formula is C28H35N5. The topological polar surface area (TPSA) is 67.1 Å². The van der Waals surface area contributed by atoms with Crippen LogP contribution in [0.1, 0.15) is 42.1 Å². The molecule has 2 aromatic heterocycles. The number of hydrogen-bond acceptors (Lipinski definition) is 5. The van der Waals surface area contributed by atoms with Crippen LogP contribution in [0.25, 0.3) is 21.8 Å². The number of nitrogens with one attached hydrogen (secondary N) is 1. The smallest absolute Gasteiger partial charge is 0.150 e. The van der Waals surface area contributed by atoms with Crippen LogP contribution in [-0.4, -0.2) is 41.5 Å². The molecule has 0 aliphatic carbocycles. The highest BCUT2D eigenvalue weighted by Gasteiger charge is 2.16. The van der Waals surface area contributed by atoms with Crippen LogP contribution in [0.3, 0.4) is 0 Å². The monoisotopic (exact) mass is 441 g/mol. The fourth-order valence-corrected chi connectivity index (χ4v) is 4.51. The standard InChI is InChI=1S/C28H35N5/c1-18-6-13-24-25-15-22(17-31-27(25)28(29)32-26(24)14-18)8-7-21-9-11-23(12-10-21)20(3)33(5)19(2)16-30-4/h6,9-15,17,19-20,30H,7-8,16H2,1-5H3,(H2,29,32). The maximum atomic E-state index is 6.20. The van der Waals surface area contributed by atoms with Gasteiger partial charge in [0.15, 0.2) is 5.82 Å². The first-order valence-corrected chi connectivity index (χ1v) is 11.8. The fraction of sp³-hybridized carbons (Fsp3) is 0.357. The summed E-state index contributed by atoms with van der Waals surface area (Å²) < 4.78 is 0. The van der Waals surface area contributed by atoms with E-state index in [1.54, 1.807) is 0 Å². The average molecular weight is 442 g/mol. The number of nitrogen functional groups attached to an aromatic ring is 1. The molecule has 4 aromatic rings. The Labute approximate surface area is 197 Å². The molecule has 4 rings (SSSR count). The van der Waals surface area contributed by atoms with E-state index < -0.39 is 0 Å². The molecule has 2 aromatic carbocycles. The molecule has 0 radical (unpaired) electrons. The van der Waals surface area contributed by atoms with Crippen molar-refractivity contribution < 1.29 is 0 Å². The van der Waals surface area contributed by atoms with Gasteiger partial charge in [0.1, 0.15) is 5.52 Å². The van der Waals surface area contributed by atoms with Crippen molar-refractivity contribution >= 4 is 27.6 Å². The van der Waals surface area contributed by atoms with Crippen molar-refractivity contribution in [3.63, 3.8) is 0 Å². The second-order valence-corrected chi connectivity index (χ2v) is 9.25. The number of fused-ring (bicyclic) bond motifs is 3. The predicted octanol–water partition coefficient (Wildman–Crippen LogP) is 5.06. The fourth-order valence-electron chi connectivity index (χ4n) is 4.51. The molecule has 0 bridgehead atoms. The molecule has 0 spiro atoms. The van der Waals surface area contributed by atoms with Gasteiger partial charge in [0.05, 0.1) is 5.52 Å². The summed E-state index contributed by atoms with van der Waals surface area (Å²) in [6.45, 7) is 7.58. The minimum atomic E-state index is 0.378. The van der Waals surface area contributed by atoms with Crippen molar-refractivity contribution in [2.45, 2.75) is 45.7 Å². The number of rotatable bonds is 8. The number of aromatic nitrogens is 2. The third-order valence-corrected chi connectivity index (χ3v) is 6.84. The first-order valence-electron chi connectivity index (χ1n) is 11.8. The van der Waals surface area contributed by atoms with Crippen LogP contribution >= 0.6 is 0 Å². The minimum absolute atomic E-state index is 0.378. The third-order valence-electron chi connectivity index (χ3n) is 6.84. The van der Waals surface area contributed by atoms with Gasteiger partial charge >= 0.3 is 0 Å². The van der Waals surface area contributed by atoms with Crippen molar-refractivity contribution in [2.75, 3.05) is 26.4 Å². The van der Waals surface area contributed by atoms with Crippen LogP contribution in [-0.2, 0) is 12.8 Å². The summed E-state index contributed by atoms with van der Waals surface area (Å²) in [6, 6.07) is 18.5. The van der Waals surface area contributed by atoms with E-state index in [4.69, 9.17) is 5.73 Å². The van der Waals surface area contributed by atoms with Gasteiger partial charge in [0, 0.05) is 35.6 Å². The van der Waals surface area contributed by atoms with E-state index in [2.05, 4.69) is 96.5 Å². The summed E-state index contributed by atoms with van der Waals surface area (Å²) in [7, 11) is 4.20. The molecule has 5 nitrogen and oxygen atoms in total. The van der Waals surface area contributed by atoms with Crippen LogP contribution in [0.2, 0.25) is 0 Å². The van der Waals surface area contributed by atoms with Crippen LogP contribution in [0.15, 0.2) is 54.7 Å². The number of anilines is 1. The SMILES string of the molecule is CNCC(C)N(C)C(C)c1ccc(CCc2cnc3c(N)nc4cc(C)ccc4c3c2)cc1. The Kier molecular flexibility index (Phi) is 6.91. The molecule has 0 saturated heterocycles. The van der Waals surface area contributed by atoms with Crippen LogP contribution in [0.5, 0.6) is 0 Å². The molecule has 33 heavy (non-hydrogen) atoms. The Balaban J connectivity index is 1.50. The first kappa shape index (κ1) is 23.1. The van der Waals surface area contributed by atoms with Gasteiger partial charge in [-0.25, -0.2) is 4.98 Å². The lowest BCUT2D eigenvalue weighted by molar-refractivity contribution is 0.195. The zero-order valence-electron chi connectivity index (χ0n) is 20.4. The second-order valence-electron chi connectivity index (χ2n) is 9.25. The highest BCUT2D eigenvalue weighted by molar-refractivity contribution is 6.08. The van der Waals surface area contributed by atoms with E-state index in [0.717, 1.165) is 41.2 Å². The van der Waals surface area contributed by atoms with Gasteiger partial charge in [-0.1, -0.05) is 36.4 Å². The summed E-state index contributed by atoms with van der Waals surface area (Å²) in [5, 5.41) is 5.45. The van der Waals surface area contributed by atoms with E-state index in [1.165, 1.54) is 22.3 Å². The first-order chi connectivity index (χ1) is 15.9. The second kappa shape index (κ2) is 9.86. The van der Waals surface area contributed by atoms with Crippen molar-refractivity contribution in [3.8, 4) is 0 Å². The van der Waals surface area contributed by atoms with Gasteiger partial charge in [-0.2, -0.15) is 0 Å². The number of pyridine rings is 2. The molecule has 172 valence electrons. The summed E-state index contributed by atoms with van der Waals surface area (Å²) in [4.78, 5) is 11.6. The Morgan fingerprint density at radius 2 is 1.70 bits per heavy atom. The van der Waals surface area contributed by atoms with Gasteiger partial charge in [0.25, 0.3) is 0 Å². The molecule has 0 aliphatic heterocycles. The van der Waals surface area contributed by atoms with E-state index in [-0.39, 0.29) is 0 Å². The van der Waals surface area contributed by atoms with Crippen molar-refractivity contribution in [3.05, 3.63) is 77.0 Å². The number of nitrogens with zero attached hydrogens (tertiary/aromatic N) is 3. The van der Waals surface area contributed by atoms with Crippen molar-refractivity contribution in [1.29, 1.82) is 0 Å². The molecule has 0 fully saturated rings. The molecule has 2 heterocycles. The van der Waals surface area contributed by atoms with Gasteiger partial charge in [-0.15, -0.1) is 0 Å². The summed E-state index contributed by atoms with van der Waals surface area (Å²) >= 11 is 0. The molecule has 3 N–H and O–H groups in total.